The Labute approximate surface area is 106 Å². The molecular formula is C14H16N2O2. The van der Waals surface area contributed by atoms with E-state index in [0.29, 0.717) is 12.8 Å². The quantitative estimate of drug-likeness (QED) is 0.770. The molecule has 3 fully saturated rings. The first-order valence-corrected chi connectivity index (χ1v) is 6.34. The Morgan fingerprint density at radius 2 is 1.67 bits per heavy atom. The summed E-state index contributed by atoms with van der Waals surface area (Å²) in [5, 5.41) is 5.99. The number of benzene rings is 1. The fourth-order valence-corrected chi connectivity index (χ4v) is 3.02. The summed E-state index contributed by atoms with van der Waals surface area (Å²) in [4.78, 5) is 24.5. The SMILES string of the molecule is CCC12CCC(c3ccccc3)(NC1=O)NC2=O. The van der Waals surface area contributed by atoms with E-state index in [9.17, 15) is 9.59 Å². The van der Waals surface area contributed by atoms with Gasteiger partial charge in [-0.25, -0.2) is 0 Å². The van der Waals surface area contributed by atoms with Crippen molar-refractivity contribution in [3.63, 3.8) is 0 Å². The zero-order valence-electron chi connectivity index (χ0n) is 10.3. The Hall–Kier alpha value is -1.84. The lowest BCUT2D eigenvalue weighted by Gasteiger charge is -2.52. The van der Waals surface area contributed by atoms with Gasteiger partial charge in [0.05, 0.1) is 0 Å². The average Bonchev–Trinajstić information content (AvgIpc) is 2.40. The van der Waals surface area contributed by atoms with Gasteiger partial charge in [0, 0.05) is 0 Å². The number of rotatable bonds is 2. The second-order valence-corrected chi connectivity index (χ2v) is 5.12. The highest BCUT2D eigenvalue weighted by molar-refractivity contribution is 6.08. The van der Waals surface area contributed by atoms with E-state index in [2.05, 4.69) is 10.6 Å². The van der Waals surface area contributed by atoms with Gasteiger partial charge in [0.15, 0.2) is 0 Å². The highest BCUT2D eigenvalue weighted by atomic mass is 16.2. The van der Waals surface area contributed by atoms with E-state index < -0.39 is 11.1 Å². The van der Waals surface area contributed by atoms with Gasteiger partial charge in [0.2, 0.25) is 11.8 Å². The average molecular weight is 244 g/mol. The summed E-state index contributed by atoms with van der Waals surface area (Å²) in [6, 6.07) is 9.62. The van der Waals surface area contributed by atoms with Crippen molar-refractivity contribution in [1.29, 1.82) is 0 Å². The summed E-state index contributed by atoms with van der Waals surface area (Å²) in [7, 11) is 0. The van der Waals surface area contributed by atoms with E-state index in [-0.39, 0.29) is 11.8 Å². The maximum Gasteiger partial charge on any atom is 0.237 e. The zero-order chi connectivity index (χ0) is 12.8. The number of carbonyl (C=O) groups is 2. The molecule has 0 spiro atoms. The van der Waals surface area contributed by atoms with Crippen LogP contribution in [0.4, 0.5) is 0 Å². The molecule has 3 heterocycles. The Morgan fingerprint density at radius 1 is 1.06 bits per heavy atom. The van der Waals surface area contributed by atoms with Gasteiger partial charge in [-0.15, -0.1) is 0 Å². The van der Waals surface area contributed by atoms with Crippen LogP contribution in [0.5, 0.6) is 0 Å². The predicted molar refractivity (Wildman–Crippen MR) is 66.4 cm³/mol. The maximum atomic E-state index is 12.2. The molecule has 0 unspecified atom stereocenters. The van der Waals surface area contributed by atoms with Crippen molar-refractivity contribution in [1.82, 2.24) is 10.6 Å². The molecule has 4 rings (SSSR count). The minimum Gasteiger partial charge on any atom is -0.329 e. The number of piperidine rings is 2. The second-order valence-electron chi connectivity index (χ2n) is 5.12. The summed E-state index contributed by atoms with van der Waals surface area (Å²) in [6.45, 7) is 1.89. The van der Waals surface area contributed by atoms with Gasteiger partial charge in [-0.05, 0) is 24.8 Å². The van der Waals surface area contributed by atoms with Gasteiger partial charge in [-0.3, -0.25) is 9.59 Å². The summed E-state index contributed by atoms with van der Waals surface area (Å²) in [5.41, 5.74) is -0.612. The lowest BCUT2D eigenvalue weighted by atomic mass is 9.68. The van der Waals surface area contributed by atoms with Crippen molar-refractivity contribution >= 4 is 11.8 Å². The standard InChI is InChI=1S/C14H16N2O2/c1-2-13-8-9-14(15-11(13)17,16-12(13)18)10-6-4-3-5-7-10/h3-7H,2,8-9H2,1H3,(H,15,17)(H,16,18). The Kier molecular flexibility index (Phi) is 2.24. The van der Waals surface area contributed by atoms with Crippen molar-refractivity contribution < 1.29 is 9.59 Å². The van der Waals surface area contributed by atoms with Gasteiger partial charge in [-0.2, -0.15) is 0 Å². The van der Waals surface area contributed by atoms with Crippen molar-refractivity contribution in [2.24, 2.45) is 5.41 Å². The summed E-state index contributed by atoms with van der Waals surface area (Å²) < 4.78 is 0. The summed E-state index contributed by atoms with van der Waals surface area (Å²) in [6.07, 6.45) is 1.92. The van der Waals surface area contributed by atoms with E-state index in [1.807, 2.05) is 37.3 Å². The number of carbonyl (C=O) groups excluding carboxylic acids is 2. The second kappa shape index (κ2) is 3.57. The van der Waals surface area contributed by atoms with Gasteiger partial charge >= 0.3 is 0 Å². The first-order valence-electron chi connectivity index (χ1n) is 6.34. The van der Waals surface area contributed by atoms with Crippen LogP contribution in [-0.4, -0.2) is 11.8 Å². The Morgan fingerprint density at radius 3 is 2.17 bits per heavy atom. The van der Waals surface area contributed by atoms with E-state index in [1.165, 1.54) is 0 Å². The molecule has 18 heavy (non-hydrogen) atoms. The first-order chi connectivity index (χ1) is 8.63. The first kappa shape index (κ1) is 11.3. The number of hydrogen-bond donors (Lipinski definition) is 2. The highest BCUT2D eigenvalue weighted by Crippen LogP contribution is 2.44. The van der Waals surface area contributed by atoms with Crippen LogP contribution in [-0.2, 0) is 15.3 Å². The van der Waals surface area contributed by atoms with E-state index in [0.717, 1.165) is 12.0 Å². The minimum absolute atomic E-state index is 0.135. The van der Waals surface area contributed by atoms with Crippen molar-refractivity contribution in [3.8, 4) is 0 Å². The number of nitrogens with one attached hydrogen (secondary N) is 2. The number of hydrogen-bond acceptors (Lipinski definition) is 2. The molecule has 1 aromatic rings. The maximum absolute atomic E-state index is 12.2. The van der Waals surface area contributed by atoms with Gasteiger partial charge < -0.3 is 10.6 Å². The normalized spacial score (nSPS) is 34.1. The van der Waals surface area contributed by atoms with Crippen LogP contribution in [0, 0.1) is 5.41 Å². The molecule has 94 valence electrons. The summed E-state index contributed by atoms with van der Waals surface area (Å²) >= 11 is 0. The number of amides is 2. The lowest BCUT2D eigenvalue weighted by molar-refractivity contribution is -0.160. The number of fused-ring (bicyclic) bond motifs is 3. The molecule has 2 N–H and O–H groups in total. The van der Waals surface area contributed by atoms with E-state index in [4.69, 9.17) is 0 Å². The largest absolute Gasteiger partial charge is 0.329 e. The lowest BCUT2D eigenvalue weighted by Crippen LogP contribution is -2.74. The Bertz CT molecular complexity index is 492. The molecule has 0 aromatic heterocycles. The molecule has 3 aliphatic rings. The zero-order valence-corrected chi connectivity index (χ0v) is 10.3. The Balaban J connectivity index is 2.04. The van der Waals surface area contributed by atoms with Crippen molar-refractivity contribution in [3.05, 3.63) is 35.9 Å². The van der Waals surface area contributed by atoms with Crippen molar-refractivity contribution in [2.75, 3.05) is 0 Å². The van der Waals surface area contributed by atoms with Crippen LogP contribution in [0.25, 0.3) is 0 Å². The molecule has 2 bridgehead atoms. The predicted octanol–water partition coefficient (Wildman–Crippen LogP) is 1.28. The molecule has 3 aliphatic heterocycles. The fourth-order valence-electron chi connectivity index (χ4n) is 3.02. The molecule has 0 aliphatic carbocycles. The van der Waals surface area contributed by atoms with Crippen LogP contribution in [0.2, 0.25) is 0 Å². The molecule has 1 aromatic carbocycles. The van der Waals surface area contributed by atoms with Crippen LogP contribution >= 0.6 is 0 Å². The van der Waals surface area contributed by atoms with Crippen LogP contribution in [0.1, 0.15) is 31.7 Å². The van der Waals surface area contributed by atoms with Crippen LogP contribution < -0.4 is 10.6 Å². The van der Waals surface area contributed by atoms with Crippen LogP contribution in [0.15, 0.2) is 30.3 Å². The third-order valence-corrected chi connectivity index (χ3v) is 4.32. The molecule has 0 radical (unpaired) electrons. The molecule has 4 heteroatoms. The monoisotopic (exact) mass is 244 g/mol. The molecule has 0 saturated carbocycles. The van der Waals surface area contributed by atoms with E-state index in [1.54, 1.807) is 0 Å². The van der Waals surface area contributed by atoms with Crippen LogP contribution in [0.3, 0.4) is 0 Å². The molecule has 0 atom stereocenters. The molecule has 4 nitrogen and oxygen atoms in total. The molecule has 2 amide bonds. The smallest absolute Gasteiger partial charge is 0.237 e. The molecule has 3 saturated heterocycles. The third-order valence-electron chi connectivity index (χ3n) is 4.32. The fraction of sp³-hybridized carbons (Fsp3) is 0.429. The van der Waals surface area contributed by atoms with E-state index >= 15 is 0 Å². The highest BCUT2D eigenvalue weighted by Gasteiger charge is 2.59. The van der Waals surface area contributed by atoms with Crippen molar-refractivity contribution in [2.45, 2.75) is 31.8 Å². The van der Waals surface area contributed by atoms with Gasteiger partial charge in [0.1, 0.15) is 11.1 Å². The topological polar surface area (TPSA) is 58.2 Å². The minimum atomic E-state index is -0.851. The van der Waals surface area contributed by atoms with Gasteiger partial charge in [0.25, 0.3) is 0 Å². The third kappa shape index (κ3) is 1.26. The molecular weight excluding hydrogens is 228 g/mol. The summed E-state index contributed by atoms with van der Waals surface area (Å²) in [5.74, 6) is -0.271. The van der Waals surface area contributed by atoms with Gasteiger partial charge in [-0.1, -0.05) is 37.3 Å².